The fraction of sp³-hybridized carbons (Fsp3) is 0.960. The van der Waals surface area contributed by atoms with Gasteiger partial charge in [-0.05, 0) is 95.9 Å². The number of amides is 1. The lowest BCUT2D eigenvalue weighted by Gasteiger charge is -2.40. The summed E-state index contributed by atoms with van der Waals surface area (Å²) in [5, 5.41) is 0. The first-order valence-electron chi connectivity index (χ1n) is 11.9. The maximum absolute atomic E-state index is 12.2. The predicted molar refractivity (Wildman–Crippen MR) is 118 cm³/mol. The molecule has 3 aliphatic rings. The van der Waals surface area contributed by atoms with Gasteiger partial charge >= 0.3 is 0 Å². The van der Waals surface area contributed by atoms with Gasteiger partial charge < -0.3 is 4.90 Å². The lowest BCUT2D eigenvalue weighted by Crippen LogP contribution is -2.47. The van der Waals surface area contributed by atoms with Gasteiger partial charge in [-0.15, -0.1) is 0 Å². The second kappa shape index (κ2) is 7.93. The van der Waals surface area contributed by atoms with Gasteiger partial charge in [0.2, 0.25) is 5.91 Å². The summed E-state index contributed by atoms with van der Waals surface area (Å²) >= 11 is 0. The number of carbonyl (C=O) groups excluding carboxylic acids is 1. The van der Waals surface area contributed by atoms with E-state index in [0.29, 0.717) is 16.9 Å². The molecular formula is C25H46N2O. The topological polar surface area (TPSA) is 23.6 Å². The zero-order valence-corrected chi connectivity index (χ0v) is 19.8. The third-order valence-electron chi connectivity index (χ3n) is 8.29. The molecule has 0 aromatic rings. The molecule has 0 radical (unpaired) electrons. The molecule has 1 saturated carbocycles. The van der Waals surface area contributed by atoms with Crippen LogP contribution in [-0.4, -0.2) is 46.4 Å². The van der Waals surface area contributed by atoms with Crippen LogP contribution in [0.3, 0.4) is 0 Å². The van der Waals surface area contributed by atoms with Crippen molar-refractivity contribution in [2.24, 2.45) is 23.2 Å². The number of hydrogen-bond donors (Lipinski definition) is 0. The van der Waals surface area contributed by atoms with E-state index in [9.17, 15) is 4.79 Å². The fourth-order valence-corrected chi connectivity index (χ4v) is 6.54. The molecule has 3 atom stereocenters. The Morgan fingerprint density at radius 2 is 1.54 bits per heavy atom. The highest BCUT2D eigenvalue weighted by Gasteiger charge is 2.42. The molecule has 162 valence electrons. The van der Waals surface area contributed by atoms with Crippen LogP contribution in [0.1, 0.15) is 99.8 Å². The SMILES string of the molecule is CC(C)(C)C1CCC(CC(C)(C)N2CCC(CC(C)(C)N3CCCC3=O)C2)C1. The van der Waals surface area contributed by atoms with E-state index in [-0.39, 0.29) is 5.54 Å². The van der Waals surface area contributed by atoms with E-state index in [0.717, 1.165) is 43.6 Å². The van der Waals surface area contributed by atoms with Crippen molar-refractivity contribution in [1.82, 2.24) is 9.80 Å². The smallest absolute Gasteiger partial charge is 0.223 e. The van der Waals surface area contributed by atoms with Gasteiger partial charge in [-0.2, -0.15) is 0 Å². The van der Waals surface area contributed by atoms with Crippen LogP contribution in [0.5, 0.6) is 0 Å². The molecule has 2 saturated heterocycles. The highest BCUT2D eigenvalue weighted by Crippen LogP contribution is 2.46. The Hall–Kier alpha value is -0.570. The highest BCUT2D eigenvalue weighted by molar-refractivity contribution is 5.78. The molecule has 3 heteroatoms. The average molecular weight is 391 g/mol. The Morgan fingerprint density at radius 3 is 2.11 bits per heavy atom. The normalized spacial score (nSPS) is 30.6. The Morgan fingerprint density at radius 1 is 0.857 bits per heavy atom. The lowest BCUT2D eigenvalue weighted by atomic mass is 9.78. The van der Waals surface area contributed by atoms with Crippen molar-refractivity contribution in [2.75, 3.05) is 19.6 Å². The lowest BCUT2D eigenvalue weighted by molar-refractivity contribution is -0.132. The average Bonchev–Trinajstić information content (AvgIpc) is 3.26. The molecule has 0 N–H and O–H groups in total. The summed E-state index contributed by atoms with van der Waals surface area (Å²) in [6, 6.07) is 0. The molecule has 0 spiro atoms. The Kier molecular flexibility index (Phi) is 6.26. The van der Waals surface area contributed by atoms with Gasteiger partial charge in [0.05, 0.1) is 0 Å². The van der Waals surface area contributed by atoms with Crippen LogP contribution in [0, 0.1) is 23.2 Å². The minimum Gasteiger partial charge on any atom is -0.338 e. The van der Waals surface area contributed by atoms with Crippen molar-refractivity contribution in [1.29, 1.82) is 0 Å². The second-order valence-electron chi connectivity index (χ2n) is 12.5. The van der Waals surface area contributed by atoms with Crippen LogP contribution in [0.15, 0.2) is 0 Å². The monoisotopic (exact) mass is 390 g/mol. The maximum Gasteiger partial charge on any atom is 0.223 e. The highest BCUT2D eigenvalue weighted by atomic mass is 16.2. The first-order chi connectivity index (χ1) is 12.9. The van der Waals surface area contributed by atoms with Gasteiger partial charge in [-0.1, -0.05) is 27.2 Å². The number of carbonyl (C=O) groups is 1. The standard InChI is InChI=1S/C25H46N2O/c1-23(2,3)21-11-10-19(15-21)16-24(4,5)26-14-12-20(18-26)17-25(6,7)27-13-8-9-22(27)28/h19-21H,8-18H2,1-7H3. The first kappa shape index (κ1) is 22.1. The van der Waals surface area contributed by atoms with Crippen LogP contribution in [0.2, 0.25) is 0 Å². The minimum atomic E-state index is 0.0176. The molecule has 3 unspecified atom stereocenters. The summed E-state index contributed by atoms with van der Waals surface area (Å²) in [6.45, 7) is 20.2. The van der Waals surface area contributed by atoms with E-state index >= 15 is 0 Å². The number of hydrogen-bond acceptors (Lipinski definition) is 2. The zero-order chi connectivity index (χ0) is 20.7. The third kappa shape index (κ3) is 4.94. The molecule has 0 aromatic heterocycles. The van der Waals surface area contributed by atoms with Crippen molar-refractivity contribution in [3.05, 3.63) is 0 Å². The maximum atomic E-state index is 12.2. The molecule has 3 nitrogen and oxygen atoms in total. The van der Waals surface area contributed by atoms with Crippen molar-refractivity contribution >= 4 is 5.91 Å². The van der Waals surface area contributed by atoms with Gasteiger partial charge in [0, 0.05) is 30.6 Å². The van der Waals surface area contributed by atoms with Gasteiger partial charge in [-0.25, -0.2) is 0 Å². The van der Waals surface area contributed by atoms with E-state index in [2.05, 4.69) is 58.3 Å². The van der Waals surface area contributed by atoms with Gasteiger partial charge in [0.25, 0.3) is 0 Å². The Bertz CT molecular complexity index is 559. The number of rotatable bonds is 6. The number of likely N-dealkylation sites (tertiary alicyclic amines) is 2. The van der Waals surface area contributed by atoms with E-state index in [1.165, 1.54) is 45.2 Å². The molecule has 1 aliphatic carbocycles. The van der Waals surface area contributed by atoms with Crippen LogP contribution in [0.25, 0.3) is 0 Å². The fourth-order valence-electron chi connectivity index (χ4n) is 6.54. The van der Waals surface area contributed by atoms with Crippen LogP contribution in [0.4, 0.5) is 0 Å². The van der Waals surface area contributed by atoms with Crippen molar-refractivity contribution in [3.63, 3.8) is 0 Å². The first-order valence-corrected chi connectivity index (χ1v) is 11.9. The van der Waals surface area contributed by atoms with Crippen LogP contribution < -0.4 is 0 Å². The molecule has 3 rings (SSSR count). The third-order valence-corrected chi connectivity index (χ3v) is 8.29. The second-order valence-corrected chi connectivity index (χ2v) is 12.5. The van der Waals surface area contributed by atoms with E-state index < -0.39 is 0 Å². The molecule has 2 heterocycles. The van der Waals surface area contributed by atoms with Gasteiger partial charge in [0.1, 0.15) is 0 Å². The van der Waals surface area contributed by atoms with Gasteiger partial charge in [0.15, 0.2) is 0 Å². The summed E-state index contributed by atoms with van der Waals surface area (Å²) in [4.78, 5) is 17.2. The molecule has 28 heavy (non-hydrogen) atoms. The van der Waals surface area contributed by atoms with E-state index in [1.807, 2.05) is 0 Å². The Labute approximate surface area is 174 Å². The molecule has 1 amide bonds. The van der Waals surface area contributed by atoms with Crippen molar-refractivity contribution < 1.29 is 4.79 Å². The largest absolute Gasteiger partial charge is 0.338 e. The molecule has 0 bridgehead atoms. The summed E-state index contributed by atoms with van der Waals surface area (Å²) < 4.78 is 0. The van der Waals surface area contributed by atoms with Crippen LogP contribution in [-0.2, 0) is 4.79 Å². The van der Waals surface area contributed by atoms with Crippen LogP contribution >= 0.6 is 0 Å². The van der Waals surface area contributed by atoms with Crippen molar-refractivity contribution in [2.45, 2.75) is 111 Å². The zero-order valence-electron chi connectivity index (χ0n) is 19.8. The molecular weight excluding hydrogens is 344 g/mol. The molecule has 3 fully saturated rings. The summed E-state index contributed by atoms with van der Waals surface area (Å²) in [5.74, 6) is 2.90. The Balaban J connectivity index is 1.52. The molecule has 2 aliphatic heterocycles. The predicted octanol–water partition coefficient (Wildman–Crippen LogP) is 5.73. The van der Waals surface area contributed by atoms with Crippen molar-refractivity contribution in [3.8, 4) is 0 Å². The number of nitrogens with zero attached hydrogens (tertiary/aromatic N) is 2. The molecule has 0 aromatic carbocycles. The summed E-state index contributed by atoms with van der Waals surface area (Å²) in [5.41, 5.74) is 0.791. The summed E-state index contributed by atoms with van der Waals surface area (Å²) in [7, 11) is 0. The summed E-state index contributed by atoms with van der Waals surface area (Å²) in [6.07, 6.45) is 9.87. The minimum absolute atomic E-state index is 0.0176. The van der Waals surface area contributed by atoms with Gasteiger partial charge in [-0.3, -0.25) is 9.69 Å². The van der Waals surface area contributed by atoms with E-state index in [1.54, 1.807) is 0 Å². The van der Waals surface area contributed by atoms with E-state index in [4.69, 9.17) is 0 Å². The quantitative estimate of drug-likeness (QED) is 0.578.